The van der Waals surface area contributed by atoms with Crippen LogP contribution in [-0.2, 0) is 0 Å². The topological polar surface area (TPSA) is 157 Å². The maximum atomic E-state index is 11.9. The minimum absolute atomic E-state index is 0.111. The summed E-state index contributed by atoms with van der Waals surface area (Å²) in [6.45, 7) is 0. The van der Waals surface area contributed by atoms with Crippen LogP contribution < -0.4 is 11.1 Å². The number of aromatic hydroxyl groups is 2. The Morgan fingerprint density at radius 2 is 2.10 bits per heavy atom. The van der Waals surface area contributed by atoms with Gasteiger partial charge in [0.25, 0.3) is 5.91 Å². The number of nitrogens with zero attached hydrogens (tertiary/aromatic N) is 2. The number of nitrogens with two attached hydrogens (primary N) is 1. The Labute approximate surface area is 112 Å². The number of benzene rings is 1. The van der Waals surface area contributed by atoms with E-state index in [2.05, 4.69) is 20.7 Å². The predicted molar refractivity (Wildman–Crippen MR) is 68.8 cm³/mol. The summed E-state index contributed by atoms with van der Waals surface area (Å²) in [5, 5.41) is 38.5. The van der Waals surface area contributed by atoms with Crippen molar-refractivity contribution in [2.75, 3.05) is 5.32 Å². The highest BCUT2D eigenvalue weighted by molar-refractivity contribution is 6.09. The Bertz CT molecular complexity index is 679. The van der Waals surface area contributed by atoms with Gasteiger partial charge in [0.1, 0.15) is 5.82 Å². The zero-order valence-electron chi connectivity index (χ0n) is 10.0. The van der Waals surface area contributed by atoms with Gasteiger partial charge in [-0.15, -0.1) is 0 Å². The van der Waals surface area contributed by atoms with Gasteiger partial charge in [0.05, 0.1) is 11.8 Å². The second kappa shape index (κ2) is 5.18. The van der Waals surface area contributed by atoms with Crippen LogP contribution in [0.4, 0.5) is 5.82 Å². The molecule has 1 heterocycles. The maximum Gasteiger partial charge on any atom is 0.256 e. The Kier molecular flexibility index (Phi) is 3.42. The smallest absolute Gasteiger partial charge is 0.256 e. The SMILES string of the molecule is N/C(=N/O)c1cn[nH]c1NC(=O)c1ccc(O)c(O)c1. The molecule has 0 aliphatic carbocycles. The number of H-pyrrole nitrogens is 1. The van der Waals surface area contributed by atoms with Crippen LogP contribution in [0.2, 0.25) is 0 Å². The molecule has 0 radical (unpaired) electrons. The van der Waals surface area contributed by atoms with Gasteiger partial charge in [-0.2, -0.15) is 5.10 Å². The van der Waals surface area contributed by atoms with Gasteiger partial charge in [0, 0.05) is 5.56 Å². The number of hydrogen-bond donors (Lipinski definition) is 6. The molecule has 2 rings (SSSR count). The summed E-state index contributed by atoms with van der Waals surface area (Å²) in [5.41, 5.74) is 5.74. The van der Waals surface area contributed by atoms with Crippen molar-refractivity contribution in [3.63, 3.8) is 0 Å². The first-order valence-corrected chi connectivity index (χ1v) is 5.37. The quantitative estimate of drug-likeness (QED) is 0.154. The second-order valence-corrected chi connectivity index (χ2v) is 3.80. The van der Waals surface area contributed by atoms with E-state index in [0.29, 0.717) is 0 Å². The van der Waals surface area contributed by atoms with Crippen molar-refractivity contribution in [3.8, 4) is 11.5 Å². The number of amidine groups is 1. The van der Waals surface area contributed by atoms with E-state index in [4.69, 9.17) is 10.9 Å². The van der Waals surface area contributed by atoms with Gasteiger partial charge >= 0.3 is 0 Å². The van der Waals surface area contributed by atoms with E-state index in [1.807, 2.05) is 0 Å². The lowest BCUT2D eigenvalue weighted by Crippen LogP contribution is -2.18. The molecule has 1 amide bonds. The monoisotopic (exact) mass is 277 g/mol. The lowest BCUT2D eigenvalue weighted by atomic mass is 10.2. The number of phenols is 2. The van der Waals surface area contributed by atoms with E-state index in [9.17, 15) is 15.0 Å². The molecule has 2 aromatic rings. The van der Waals surface area contributed by atoms with Crippen molar-refractivity contribution in [1.82, 2.24) is 10.2 Å². The number of oxime groups is 1. The van der Waals surface area contributed by atoms with Crippen molar-refractivity contribution in [2.24, 2.45) is 10.9 Å². The summed E-state index contributed by atoms with van der Waals surface area (Å²) >= 11 is 0. The molecule has 0 spiro atoms. The van der Waals surface area contributed by atoms with Crippen LogP contribution in [0.3, 0.4) is 0 Å². The van der Waals surface area contributed by atoms with E-state index in [1.54, 1.807) is 0 Å². The average Bonchev–Trinajstić information content (AvgIpc) is 2.89. The van der Waals surface area contributed by atoms with E-state index >= 15 is 0 Å². The molecular formula is C11H11N5O4. The molecular weight excluding hydrogens is 266 g/mol. The number of aromatic nitrogens is 2. The van der Waals surface area contributed by atoms with Gasteiger partial charge in [-0.05, 0) is 18.2 Å². The lowest BCUT2D eigenvalue weighted by molar-refractivity contribution is 0.102. The van der Waals surface area contributed by atoms with Gasteiger partial charge in [-0.1, -0.05) is 5.16 Å². The molecule has 0 fully saturated rings. The standard InChI is InChI=1S/C11H11N5O4/c12-9(16-20)6-4-13-15-10(6)14-11(19)5-1-2-7(17)8(18)3-5/h1-4,17-18,20H,(H2,12,16)(H2,13,14,15,19). The van der Waals surface area contributed by atoms with Gasteiger partial charge in [0.2, 0.25) is 0 Å². The number of aromatic amines is 1. The van der Waals surface area contributed by atoms with Crippen LogP contribution in [0.1, 0.15) is 15.9 Å². The van der Waals surface area contributed by atoms with Crippen LogP contribution in [-0.4, -0.2) is 37.4 Å². The summed E-state index contributed by atoms with van der Waals surface area (Å²) in [4.78, 5) is 11.9. The molecule has 20 heavy (non-hydrogen) atoms. The third-order valence-electron chi connectivity index (χ3n) is 2.50. The molecule has 0 saturated carbocycles. The summed E-state index contributed by atoms with van der Waals surface area (Å²) in [6, 6.07) is 3.61. The second-order valence-electron chi connectivity index (χ2n) is 3.80. The largest absolute Gasteiger partial charge is 0.504 e. The number of phenolic OH excluding ortho intramolecular Hbond substituents is 2. The van der Waals surface area contributed by atoms with Crippen LogP contribution in [0.25, 0.3) is 0 Å². The summed E-state index contributed by atoms with van der Waals surface area (Å²) in [7, 11) is 0. The molecule has 7 N–H and O–H groups in total. The third-order valence-corrected chi connectivity index (χ3v) is 2.50. The minimum Gasteiger partial charge on any atom is -0.504 e. The Hall–Kier alpha value is -3.23. The van der Waals surface area contributed by atoms with E-state index in [1.165, 1.54) is 18.3 Å². The number of nitrogens with one attached hydrogen (secondary N) is 2. The zero-order chi connectivity index (χ0) is 14.7. The highest BCUT2D eigenvalue weighted by Crippen LogP contribution is 2.25. The Morgan fingerprint density at radius 1 is 1.35 bits per heavy atom. The van der Waals surface area contributed by atoms with Crippen molar-refractivity contribution >= 4 is 17.6 Å². The van der Waals surface area contributed by atoms with Crippen molar-refractivity contribution < 1.29 is 20.2 Å². The molecule has 9 heteroatoms. The van der Waals surface area contributed by atoms with E-state index in [-0.39, 0.29) is 28.5 Å². The molecule has 0 saturated heterocycles. The maximum absolute atomic E-state index is 11.9. The molecule has 104 valence electrons. The first kappa shape index (κ1) is 13.2. The summed E-state index contributed by atoms with van der Waals surface area (Å²) in [6.07, 6.45) is 1.28. The summed E-state index contributed by atoms with van der Waals surface area (Å²) in [5.74, 6) is -1.41. The Morgan fingerprint density at radius 3 is 2.75 bits per heavy atom. The number of hydrogen-bond acceptors (Lipinski definition) is 6. The molecule has 0 bridgehead atoms. The molecule has 1 aromatic carbocycles. The molecule has 1 aromatic heterocycles. The minimum atomic E-state index is -0.573. The highest BCUT2D eigenvalue weighted by atomic mass is 16.4. The summed E-state index contributed by atoms with van der Waals surface area (Å²) < 4.78 is 0. The first-order chi connectivity index (χ1) is 9.52. The van der Waals surface area contributed by atoms with Crippen molar-refractivity contribution in [1.29, 1.82) is 0 Å². The van der Waals surface area contributed by atoms with Crippen LogP contribution in [0, 0.1) is 0 Å². The van der Waals surface area contributed by atoms with Crippen LogP contribution in [0.15, 0.2) is 29.6 Å². The molecule has 0 unspecified atom stereocenters. The fourth-order valence-corrected chi connectivity index (χ4v) is 1.48. The highest BCUT2D eigenvalue weighted by Gasteiger charge is 2.14. The van der Waals surface area contributed by atoms with Gasteiger partial charge in [0.15, 0.2) is 17.3 Å². The predicted octanol–water partition coefficient (Wildman–Crippen LogP) is 0.168. The number of amides is 1. The number of carbonyl (C=O) groups is 1. The molecule has 0 aliphatic heterocycles. The third kappa shape index (κ3) is 2.46. The van der Waals surface area contributed by atoms with Gasteiger partial charge < -0.3 is 26.5 Å². The number of rotatable bonds is 3. The molecule has 0 atom stereocenters. The van der Waals surface area contributed by atoms with E-state index in [0.717, 1.165) is 6.07 Å². The first-order valence-electron chi connectivity index (χ1n) is 5.37. The molecule has 9 nitrogen and oxygen atoms in total. The zero-order valence-corrected chi connectivity index (χ0v) is 10.0. The fourth-order valence-electron chi connectivity index (χ4n) is 1.48. The lowest BCUT2D eigenvalue weighted by Gasteiger charge is -2.06. The van der Waals surface area contributed by atoms with E-state index < -0.39 is 11.7 Å². The van der Waals surface area contributed by atoms with Crippen molar-refractivity contribution in [3.05, 3.63) is 35.5 Å². The van der Waals surface area contributed by atoms with Crippen LogP contribution >= 0.6 is 0 Å². The molecule has 0 aliphatic rings. The fraction of sp³-hybridized carbons (Fsp3) is 0. The number of carbonyl (C=O) groups excluding carboxylic acids is 1. The van der Waals surface area contributed by atoms with Gasteiger partial charge in [-0.25, -0.2) is 0 Å². The number of anilines is 1. The normalized spacial score (nSPS) is 11.3. The van der Waals surface area contributed by atoms with Crippen LogP contribution in [0.5, 0.6) is 11.5 Å². The average molecular weight is 277 g/mol. The van der Waals surface area contributed by atoms with Crippen molar-refractivity contribution in [2.45, 2.75) is 0 Å². The Balaban J connectivity index is 2.24. The van der Waals surface area contributed by atoms with Gasteiger partial charge in [-0.3, -0.25) is 9.89 Å².